The Morgan fingerprint density at radius 3 is 1.91 bits per heavy atom. The van der Waals surface area contributed by atoms with Gasteiger partial charge in [0.15, 0.2) is 0 Å². The third-order valence-electron chi connectivity index (χ3n) is 3.66. The first-order chi connectivity index (χ1) is 10.3. The molecule has 1 aromatic rings. The van der Waals surface area contributed by atoms with Gasteiger partial charge in [0.1, 0.15) is 11.5 Å². The van der Waals surface area contributed by atoms with E-state index in [1.807, 2.05) is 41.5 Å². The van der Waals surface area contributed by atoms with E-state index in [-0.39, 0.29) is 16.6 Å². The Hall–Kier alpha value is -0.990. The van der Waals surface area contributed by atoms with E-state index < -0.39 is 7.60 Å². The quantitative estimate of drug-likeness (QED) is 0.706. The van der Waals surface area contributed by atoms with Gasteiger partial charge in [-0.2, -0.15) is 0 Å². The molecule has 132 valence electrons. The molecule has 1 atom stereocenters. The molecule has 0 aliphatic heterocycles. The summed E-state index contributed by atoms with van der Waals surface area (Å²) >= 11 is 0. The fourth-order valence-electron chi connectivity index (χ4n) is 2.36. The third-order valence-corrected chi connectivity index (χ3v) is 5.57. The molecule has 5 heteroatoms. The Morgan fingerprint density at radius 1 is 1.00 bits per heavy atom. The van der Waals surface area contributed by atoms with Crippen LogP contribution in [-0.4, -0.2) is 17.9 Å². The Bertz CT molecular complexity index is 594. The fourth-order valence-corrected chi connectivity index (χ4v) is 3.57. The van der Waals surface area contributed by atoms with Crippen LogP contribution in [0.5, 0.6) is 11.5 Å². The van der Waals surface area contributed by atoms with Gasteiger partial charge < -0.3 is 14.2 Å². The lowest BCUT2D eigenvalue weighted by atomic mass is 9.81. The lowest BCUT2D eigenvalue weighted by Gasteiger charge is -2.29. The highest BCUT2D eigenvalue weighted by Crippen LogP contribution is 2.51. The zero-order valence-electron chi connectivity index (χ0n) is 15.7. The maximum atomic E-state index is 12.8. The Kier molecular flexibility index (Phi) is 5.98. The molecule has 0 spiro atoms. The van der Waals surface area contributed by atoms with Gasteiger partial charge in [-0.1, -0.05) is 48.5 Å². The lowest BCUT2D eigenvalue weighted by molar-refractivity contribution is 0.278. The highest BCUT2D eigenvalue weighted by atomic mass is 31.2. The summed E-state index contributed by atoms with van der Waals surface area (Å²) in [6, 6.07) is 3.53. The van der Waals surface area contributed by atoms with E-state index in [2.05, 4.69) is 0 Å². The molecular weight excluding hydrogens is 311 g/mol. The monoisotopic (exact) mass is 342 g/mol. The van der Waals surface area contributed by atoms with Crippen molar-refractivity contribution in [3.63, 3.8) is 0 Å². The topological polar surface area (TPSA) is 55.8 Å². The van der Waals surface area contributed by atoms with Crippen molar-refractivity contribution in [2.75, 3.05) is 12.8 Å². The molecule has 0 bridgehead atoms. The van der Waals surface area contributed by atoms with Crippen LogP contribution in [0.1, 0.15) is 66.5 Å². The molecular formula is C18H31O4P. The highest BCUT2D eigenvalue weighted by Gasteiger charge is 2.30. The molecule has 0 aromatic heterocycles. The van der Waals surface area contributed by atoms with Crippen LogP contribution in [0.4, 0.5) is 0 Å². The Labute approximate surface area is 140 Å². The first-order valence-electron chi connectivity index (χ1n) is 8.15. The second-order valence-corrected chi connectivity index (χ2v) is 10.1. The Morgan fingerprint density at radius 2 is 1.52 bits per heavy atom. The fraction of sp³-hybridized carbons (Fsp3) is 0.667. The van der Waals surface area contributed by atoms with Gasteiger partial charge in [0.2, 0.25) is 0 Å². The average Bonchev–Trinajstić information content (AvgIpc) is 2.38. The number of phenolic OH excluding ortho intramolecular Hbond substituents is 1. The Balaban J connectivity index is 3.51. The van der Waals surface area contributed by atoms with Gasteiger partial charge in [0, 0.05) is 11.1 Å². The molecule has 0 amide bonds. The minimum absolute atomic E-state index is 0.234. The molecule has 0 aliphatic rings. The molecule has 0 radical (unpaired) electrons. The van der Waals surface area contributed by atoms with Gasteiger partial charge in [-0.25, -0.2) is 4.57 Å². The van der Waals surface area contributed by atoms with Gasteiger partial charge in [-0.05, 0) is 29.9 Å². The first-order valence-corrected chi connectivity index (χ1v) is 9.88. The van der Waals surface area contributed by atoms with Crippen LogP contribution in [0.25, 0.3) is 0 Å². The zero-order valence-corrected chi connectivity index (χ0v) is 16.6. The van der Waals surface area contributed by atoms with Crippen molar-refractivity contribution in [3.05, 3.63) is 23.3 Å². The predicted octanol–water partition coefficient (Wildman–Crippen LogP) is 5.62. The van der Waals surface area contributed by atoms with E-state index in [9.17, 15) is 9.67 Å². The molecule has 1 unspecified atom stereocenters. The van der Waals surface area contributed by atoms with Crippen molar-refractivity contribution in [2.45, 2.75) is 66.2 Å². The van der Waals surface area contributed by atoms with Gasteiger partial charge in [0.25, 0.3) is 0 Å². The maximum absolute atomic E-state index is 12.8. The van der Waals surface area contributed by atoms with E-state index in [1.165, 1.54) is 0 Å². The van der Waals surface area contributed by atoms with Crippen LogP contribution in [-0.2, 0) is 19.9 Å². The molecule has 0 heterocycles. The number of hydrogen-bond acceptors (Lipinski definition) is 4. The van der Waals surface area contributed by atoms with Crippen LogP contribution < -0.4 is 4.52 Å². The van der Waals surface area contributed by atoms with Crippen molar-refractivity contribution >= 4 is 7.60 Å². The minimum atomic E-state index is -3.19. The predicted molar refractivity (Wildman–Crippen MR) is 95.9 cm³/mol. The van der Waals surface area contributed by atoms with Crippen molar-refractivity contribution in [1.82, 2.24) is 0 Å². The van der Waals surface area contributed by atoms with Crippen molar-refractivity contribution in [3.8, 4) is 11.5 Å². The highest BCUT2D eigenvalue weighted by molar-refractivity contribution is 7.54. The van der Waals surface area contributed by atoms with Gasteiger partial charge in [0.05, 0.1) is 12.8 Å². The average molecular weight is 342 g/mol. The lowest BCUT2D eigenvalue weighted by Crippen LogP contribution is -2.17. The van der Waals surface area contributed by atoms with Crippen molar-refractivity contribution < 1.29 is 18.7 Å². The normalized spacial score (nSPS) is 15.3. The first kappa shape index (κ1) is 20.1. The van der Waals surface area contributed by atoms with Crippen molar-refractivity contribution in [1.29, 1.82) is 0 Å². The van der Waals surface area contributed by atoms with Gasteiger partial charge in [-0.15, -0.1) is 0 Å². The summed E-state index contributed by atoms with van der Waals surface area (Å²) < 4.78 is 24.0. The van der Waals surface area contributed by atoms with E-state index in [0.29, 0.717) is 18.5 Å². The number of aromatic hydroxyl groups is 1. The zero-order chi connectivity index (χ0) is 18.1. The summed E-state index contributed by atoms with van der Waals surface area (Å²) in [5.74, 6) is 0.761. The molecule has 0 fully saturated rings. The summed E-state index contributed by atoms with van der Waals surface area (Å²) in [4.78, 5) is 0. The largest absolute Gasteiger partial charge is 0.508 e. The summed E-state index contributed by atoms with van der Waals surface area (Å²) in [6.07, 6.45) is 0.302. The summed E-state index contributed by atoms with van der Waals surface area (Å²) in [5.41, 5.74) is 1.07. The molecule has 0 saturated carbocycles. The van der Waals surface area contributed by atoms with Crippen LogP contribution in [0.3, 0.4) is 0 Å². The van der Waals surface area contributed by atoms with Crippen LogP contribution in [0, 0.1) is 0 Å². The van der Waals surface area contributed by atoms with Crippen LogP contribution in [0.2, 0.25) is 0 Å². The maximum Gasteiger partial charge on any atom is 0.378 e. The second kappa shape index (κ2) is 6.86. The van der Waals surface area contributed by atoms with Gasteiger partial charge >= 0.3 is 7.60 Å². The van der Waals surface area contributed by atoms with E-state index >= 15 is 0 Å². The number of phenols is 1. The second-order valence-electron chi connectivity index (χ2n) is 7.80. The number of hydrogen-bond donors (Lipinski definition) is 1. The summed E-state index contributed by atoms with van der Waals surface area (Å²) in [5, 5.41) is 10.4. The van der Waals surface area contributed by atoms with E-state index in [1.54, 1.807) is 26.0 Å². The third kappa shape index (κ3) is 4.99. The van der Waals surface area contributed by atoms with E-state index in [4.69, 9.17) is 9.05 Å². The van der Waals surface area contributed by atoms with Gasteiger partial charge in [-0.3, -0.25) is 0 Å². The van der Waals surface area contributed by atoms with Crippen molar-refractivity contribution in [2.24, 2.45) is 0 Å². The molecule has 1 N–H and O–H groups in total. The summed E-state index contributed by atoms with van der Waals surface area (Å²) in [6.45, 7) is 16.1. The van der Waals surface area contributed by atoms with Crippen LogP contribution >= 0.6 is 7.60 Å². The number of rotatable bonds is 5. The minimum Gasteiger partial charge on any atom is -0.508 e. The molecule has 4 nitrogen and oxygen atoms in total. The molecule has 1 rings (SSSR count). The molecule has 0 aliphatic carbocycles. The molecule has 1 aromatic carbocycles. The van der Waals surface area contributed by atoms with E-state index in [0.717, 1.165) is 11.1 Å². The smallest absolute Gasteiger partial charge is 0.378 e. The number of benzene rings is 1. The van der Waals surface area contributed by atoms with Crippen LogP contribution in [0.15, 0.2) is 12.1 Å². The molecule has 0 saturated heterocycles. The molecule has 23 heavy (non-hydrogen) atoms. The standard InChI is InChI=1S/C18H31O4P/c1-9-21-23(20,10-2)22-16-12-13(17(3,4)5)15(19)11-14(16)18(6,7)8/h11-12,19H,9-10H2,1-8H3. The summed E-state index contributed by atoms with van der Waals surface area (Å²) in [7, 11) is -3.19. The SMILES string of the molecule is CCOP(=O)(CC)Oc1cc(C(C)(C)C)c(O)cc1C(C)(C)C.